The summed E-state index contributed by atoms with van der Waals surface area (Å²) in [5.41, 5.74) is 1.33. The number of nitriles is 2. The lowest BCUT2D eigenvalue weighted by molar-refractivity contribution is 0.0951. The van der Waals surface area contributed by atoms with Gasteiger partial charge in [-0.3, -0.25) is 4.79 Å². The molecule has 2 aliphatic rings. The Balaban J connectivity index is 1.80. The van der Waals surface area contributed by atoms with Crippen LogP contribution in [-0.2, 0) is 0 Å². The van der Waals surface area contributed by atoms with Crippen molar-refractivity contribution in [1.29, 1.82) is 10.5 Å². The fraction of sp³-hybridized carbons (Fsp3) is 0.148. The zero-order valence-corrected chi connectivity index (χ0v) is 19.7. The van der Waals surface area contributed by atoms with E-state index in [-0.39, 0.29) is 5.78 Å². The second-order valence-corrected chi connectivity index (χ2v) is 9.51. The number of hydrogen-bond acceptors (Lipinski definition) is 4. The SMILES string of the molecule is N#CC1(C#N)[C@H](c2ccccc2)[C@H](C(=O)c2ccc(Br)cc2)N2c3c(Cl)cccc3C=C[C@H]21. The maximum absolute atomic E-state index is 14.1. The topological polar surface area (TPSA) is 67.9 Å². The molecule has 160 valence electrons. The van der Waals surface area contributed by atoms with Gasteiger partial charge in [0, 0.05) is 16.0 Å². The van der Waals surface area contributed by atoms with Gasteiger partial charge in [0.05, 0.1) is 28.9 Å². The minimum atomic E-state index is -1.48. The Morgan fingerprint density at radius 1 is 0.970 bits per heavy atom. The van der Waals surface area contributed by atoms with Gasteiger partial charge in [0.2, 0.25) is 0 Å². The number of hydrogen-bond donors (Lipinski definition) is 0. The highest BCUT2D eigenvalue weighted by Gasteiger charge is 2.63. The van der Waals surface area contributed by atoms with Crippen molar-refractivity contribution in [2.45, 2.75) is 18.0 Å². The molecule has 4 nitrogen and oxygen atoms in total. The molecule has 0 aliphatic carbocycles. The number of para-hydroxylation sites is 1. The van der Waals surface area contributed by atoms with Crippen molar-refractivity contribution in [1.82, 2.24) is 0 Å². The van der Waals surface area contributed by atoms with E-state index in [1.165, 1.54) is 0 Å². The van der Waals surface area contributed by atoms with Gasteiger partial charge in [-0.25, -0.2) is 0 Å². The summed E-state index contributed by atoms with van der Waals surface area (Å²) in [6, 6.07) is 25.3. The number of carbonyl (C=O) groups excluding carboxylic acids is 1. The first-order valence-corrected chi connectivity index (χ1v) is 11.6. The maximum atomic E-state index is 14.1. The molecule has 6 heteroatoms. The quantitative estimate of drug-likeness (QED) is 0.380. The molecule has 5 rings (SSSR count). The van der Waals surface area contributed by atoms with Gasteiger partial charge in [0.15, 0.2) is 11.2 Å². The normalized spacial score (nSPS) is 22.1. The number of fused-ring (bicyclic) bond motifs is 3. The van der Waals surface area contributed by atoms with Crippen LogP contribution >= 0.6 is 27.5 Å². The van der Waals surface area contributed by atoms with E-state index in [0.29, 0.717) is 16.3 Å². The van der Waals surface area contributed by atoms with Crippen LogP contribution in [0.5, 0.6) is 0 Å². The van der Waals surface area contributed by atoms with Gasteiger partial charge in [-0.2, -0.15) is 10.5 Å². The van der Waals surface area contributed by atoms with Gasteiger partial charge < -0.3 is 4.90 Å². The van der Waals surface area contributed by atoms with Crippen molar-refractivity contribution in [3.05, 3.63) is 105 Å². The second kappa shape index (κ2) is 8.19. The second-order valence-electron chi connectivity index (χ2n) is 8.19. The Morgan fingerprint density at radius 3 is 2.33 bits per heavy atom. The highest BCUT2D eigenvalue weighted by molar-refractivity contribution is 9.10. The summed E-state index contributed by atoms with van der Waals surface area (Å²) < 4.78 is 0.862. The van der Waals surface area contributed by atoms with Crippen molar-refractivity contribution < 1.29 is 4.79 Å². The van der Waals surface area contributed by atoms with Crippen LogP contribution in [0.4, 0.5) is 5.69 Å². The molecule has 33 heavy (non-hydrogen) atoms. The van der Waals surface area contributed by atoms with Crippen LogP contribution in [-0.4, -0.2) is 17.9 Å². The number of nitrogens with zero attached hydrogens (tertiary/aromatic N) is 3. The van der Waals surface area contributed by atoms with Crippen molar-refractivity contribution in [2.24, 2.45) is 5.41 Å². The summed E-state index contributed by atoms with van der Waals surface area (Å²) in [6.07, 6.45) is 3.75. The summed E-state index contributed by atoms with van der Waals surface area (Å²) in [7, 11) is 0. The fourth-order valence-electron chi connectivity index (χ4n) is 5.11. The van der Waals surface area contributed by atoms with Crippen LogP contribution in [0.2, 0.25) is 5.02 Å². The van der Waals surface area contributed by atoms with E-state index >= 15 is 0 Å². The first kappa shape index (κ1) is 21.5. The standard InChI is InChI=1S/C27H17BrClN3O/c28-20-12-9-19(10-13-20)26(33)25-23(17-5-2-1-3-6-17)27(15-30,16-31)22-14-11-18-7-4-8-21(29)24(18)32(22)25/h1-14,22-23,25H/t22-,23+,25+/m0/s1. The Labute approximate surface area is 205 Å². The number of anilines is 1. The highest BCUT2D eigenvalue weighted by Crippen LogP contribution is 2.56. The Morgan fingerprint density at radius 2 is 1.67 bits per heavy atom. The van der Waals surface area contributed by atoms with Crippen LogP contribution in [0.25, 0.3) is 6.08 Å². The third-order valence-corrected chi connectivity index (χ3v) is 7.37. The number of Topliss-reactive ketones (excluding diaryl/α,β-unsaturated/α-hetero) is 1. The van der Waals surface area contributed by atoms with Crippen molar-refractivity contribution in [3.8, 4) is 12.1 Å². The van der Waals surface area contributed by atoms with Gasteiger partial charge >= 0.3 is 0 Å². The average Bonchev–Trinajstić information content (AvgIpc) is 3.15. The predicted octanol–water partition coefficient (Wildman–Crippen LogP) is 6.39. The van der Waals surface area contributed by atoms with Crippen molar-refractivity contribution >= 4 is 45.1 Å². The Hall–Kier alpha value is -3.38. The number of ketones is 1. The van der Waals surface area contributed by atoms with Gasteiger partial charge in [-0.1, -0.05) is 94.3 Å². The smallest absolute Gasteiger partial charge is 0.185 e. The van der Waals surface area contributed by atoms with E-state index in [2.05, 4.69) is 28.1 Å². The largest absolute Gasteiger partial charge is 0.350 e. The minimum Gasteiger partial charge on any atom is -0.350 e. The monoisotopic (exact) mass is 513 g/mol. The molecule has 1 fully saturated rings. The lowest BCUT2D eigenvalue weighted by Gasteiger charge is -2.36. The molecule has 2 heterocycles. The molecule has 0 spiro atoms. The third-order valence-electron chi connectivity index (χ3n) is 6.53. The summed E-state index contributed by atoms with van der Waals surface area (Å²) >= 11 is 10.1. The molecule has 0 bridgehead atoms. The van der Waals surface area contributed by atoms with Gasteiger partial charge in [-0.05, 0) is 29.3 Å². The lowest BCUT2D eigenvalue weighted by atomic mass is 9.69. The summed E-state index contributed by atoms with van der Waals surface area (Å²) in [4.78, 5) is 16.0. The van der Waals surface area contributed by atoms with Crippen LogP contribution in [0.1, 0.15) is 27.4 Å². The molecule has 0 N–H and O–H groups in total. The summed E-state index contributed by atoms with van der Waals surface area (Å²) in [5.74, 6) is -0.836. The van der Waals surface area contributed by atoms with E-state index in [1.807, 2.05) is 71.6 Å². The zero-order valence-electron chi connectivity index (χ0n) is 17.3. The molecule has 0 unspecified atom stereocenters. The van der Waals surface area contributed by atoms with E-state index in [0.717, 1.165) is 15.6 Å². The molecule has 0 amide bonds. The van der Waals surface area contributed by atoms with E-state index in [9.17, 15) is 15.3 Å². The van der Waals surface area contributed by atoms with E-state index in [1.54, 1.807) is 18.2 Å². The molecule has 3 aromatic carbocycles. The highest BCUT2D eigenvalue weighted by atomic mass is 79.9. The first-order valence-electron chi connectivity index (χ1n) is 10.4. The average molecular weight is 515 g/mol. The van der Waals surface area contributed by atoms with Crippen LogP contribution in [0.3, 0.4) is 0 Å². The lowest BCUT2D eigenvalue weighted by Crippen LogP contribution is -2.44. The minimum absolute atomic E-state index is 0.158. The van der Waals surface area contributed by atoms with Crippen molar-refractivity contribution in [2.75, 3.05) is 4.90 Å². The maximum Gasteiger partial charge on any atom is 0.185 e. The van der Waals surface area contributed by atoms with E-state index < -0.39 is 23.4 Å². The number of rotatable bonds is 3. The van der Waals surface area contributed by atoms with Crippen LogP contribution in [0.15, 0.2) is 83.3 Å². The van der Waals surface area contributed by atoms with Gasteiger partial charge in [0.25, 0.3) is 0 Å². The molecule has 3 atom stereocenters. The van der Waals surface area contributed by atoms with E-state index in [4.69, 9.17) is 11.6 Å². The number of carbonyl (C=O) groups is 1. The predicted molar refractivity (Wildman–Crippen MR) is 132 cm³/mol. The molecule has 3 aromatic rings. The molecular weight excluding hydrogens is 498 g/mol. The van der Waals surface area contributed by atoms with Crippen molar-refractivity contribution in [3.63, 3.8) is 0 Å². The van der Waals surface area contributed by atoms with Crippen LogP contribution in [0, 0.1) is 28.1 Å². The van der Waals surface area contributed by atoms with Gasteiger partial charge in [0.1, 0.15) is 6.04 Å². The zero-order chi connectivity index (χ0) is 23.2. The molecule has 0 aromatic heterocycles. The van der Waals surface area contributed by atoms with Crippen LogP contribution < -0.4 is 4.90 Å². The third kappa shape index (κ3) is 3.20. The summed E-state index contributed by atoms with van der Waals surface area (Å²) in [5, 5.41) is 21.3. The number of benzene rings is 3. The first-order chi connectivity index (χ1) is 16.0. The fourth-order valence-corrected chi connectivity index (χ4v) is 5.65. The molecule has 0 radical (unpaired) electrons. The molecule has 0 saturated carbocycles. The Kier molecular flexibility index (Phi) is 5.33. The molecular formula is C27H17BrClN3O. The summed E-state index contributed by atoms with van der Waals surface area (Å²) in [6.45, 7) is 0. The molecule has 2 aliphatic heterocycles. The van der Waals surface area contributed by atoms with Gasteiger partial charge in [-0.15, -0.1) is 0 Å². The Bertz CT molecular complexity index is 1340. The molecule has 1 saturated heterocycles. The number of halogens is 2.